The van der Waals surface area contributed by atoms with Gasteiger partial charge >= 0.3 is 0 Å². The number of hydrogen-bond acceptors (Lipinski definition) is 0. The molecule has 2 rings (SSSR count). The standard InChI is InChI=1S/C27H41P/c1-8-9-10-11-13-22-23(14-12-15-26(22)28)27-24(19(4)5)16-21(18(2)3)17-25(27)20(6)7/h12,14-20H,8-11,13,28H2,1-7H3. The van der Waals surface area contributed by atoms with Crippen molar-refractivity contribution < 1.29 is 0 Å². The fourth-order valence-corrected chi connectivity index (χ4v) is 4.52. The summed E-state index contributed by atoms with van der Waals surface area (Å²) in [5.74, 6) is 1.60. The van der Waals surface area contributed by atoms with Crippen molar-refractivity contribution in [3.8, 4) is 11.1 Å². The second kappa shape index (κ2) is 10.6. The van der Waals surface area contributed by atoms with Crippen molar-refractivity contribution in [1.29, 1.82) is 0 Å². The molecule has 1 heteroatoms. The summed E-state index contributed by atoms with van der Waals surface area (Å²) >= 11 is 0. The van der Waals surface area contributed by atoms with Gasteiger partial charge < -0.3 is 0 Å². The van der Waals surface area contributed by atoms with Gasteiger partial charge in [-0.25, -0.2) is 0 Å². The maximum absolute atomic E-state index is 3.00. The summed E-state index contributed by atoms with van der Waals surface area (Å²) in [6.07, 6.45) is 6.42. The van der Waals surface area contributed by atoms with Crippen molar-refractivity contribution in [3.05, 3.63) is 52.6 Å². The van der Waals surface area contributed by atoms with Crippen LogP contribution in [0.5, 0.6) is 0 Å². The van der Waals surface area contributed by atoms with Crippen molar-refractivity contribution in [3.63, 3.8) is 0 Å². The summed E-state index contributed by atoms with van der Waals surface area (Å²) in [6.45, 7) is 16.3. The first-order valence-corrected chi connectivity index (χ1v) is 11.9. The van der Waals surface area contributed by atoms with E-state index >= 15 is 0 Å². The Kier molecular flexibility index (Phi) is 8.76. The second-order valence-corrected chi connectivity index (χ2v) is 9.84. The molecule has 0 N–H and O–H groups in total. The van der Waals surface area contributed by atoms with Crippen LogP contribution in [0.4, 0.5) is 0 Å². The van der Waals surface area contributed by atoms with E-state index in [1.165, 1.54) is 70.8 Å². The Morgan fingerprint density at radius 2 is 1.39 bits per heavy atom. The minimum atomic E-state index is 0.521. The molecule has 0 aliphatic carbocycles. The molecule has 0 bridgehead atoms. The maximum atomic E-state index is 3.00. The first kappa shape index (κ1) is 23.2. The van der Waals surface area contributed by atoms with Crippen LogP contribution in [0.1, 0.15) is 114 Å². The molecule has 0 amide bonds. The second-order valence-electron chi connectivity index (χ2n) is 9.22. The van der Waals surface area contributed by atoms with Crippen LogP contribution >= 0.6 is 9.24 Å². The molecule has 0 fully saturated rings. The minimum absolute atomic E-state index is 0.521. The third kappa shape index (κ3) is 5.48. The van der Waals surface area contributed by atoms with Gasteiger partial charge in [0, 0.05) is 0 Å². The molecule has 2 aromatic carbocycles. The smallest absolute Gasteiger partial charge is 0.0111 e. The Bertz CT molecular complexity index is 739. The molecule has 0 heterocycles. The van der Waals surface area contributed by atoms with Gasteiger partial charge in [-0.3, -0.25) is 0 Å². The molecule has 0 aliphatic heterocycles. The molecule has 0 spiro atoms. The molecule has 0 saturated carbocycles. The van der Waals surface area contributed by atoms with Crippen molar-refractivity contribution in [2.24, 2.45) is 0 Å². The fraction of sp³-hybridized carbons (Fsp3) is 0.556. The van der Waals surface area contributed by atoms with Crippen LogP contribution in [-0.2, 0) is 6.42 Å². The molecule has 0 radical (unpaired) electrons. The highest BCUT2D eigenvalue weighted by molar-refractivity contribution is 7.27. The molecule has 28 heavy (non-hydrogen) atoms. The van der Waals surface area contributed by atoms with Gasteiger partial charge in [-0.15, -0.1) is 9.24 Å². The third-order valence-corrected chi connectivity index (χ3v) is 6.44. The van der Waals surface area contributed by atoms with Crippen LogP contribution in [0.25, 0.3) is 11.1 Å². The topological polar surface area (TPSA) is 0 Å². The summed E-state index contributed by atoms with van der Waals surface area (Å²) in [4.78, 5) is 0. The van der Waals surface area contributed by atoms with E-state index in [1.807, 2.05) is 0 Å². The van der Waals surface area contributed by atoms with E-state index in [9.17, 15) is 0 Å². The Balaban J connectivity index is 2.68. The lowest BCUT2D eigenvalue weighted by Gasteiger charge is -2.25. The predicted molar refractivity (Wildman–Crippen MR) is 131 cm³/mol. The Labute approximate surface area is 176 Å². The lowest BCUT2D eigenvalue weighted by molar-refractivity contribution is 0.668. The highest BCUT2D eigenvalue weighted by Crippen LogP contribution is 2.40. The quantitative estimate of drug-likeness (QED) is 0.295. The van der Waals surface area contributed by atoms with E-state index in [0.29, 0.717) is 17.8 Å². The molecule has 0 aromatic heterocycles. The van der Waals surface area contributed by atoms with Crippen LogP contribution in [0.15, 0.2) is 30.3 Å². The SMILES string of the molecule is CCCCCCc1c(P)cccc1-c1c(C(C)C)cc(C(C)C)cc1C(C)C. The largest absolute Gasteiger partial charge is 0.105 e. The monoisotopic (exact) mass is 396 g/mol. The molecular formula is C27H41P. The summed E-state index contributed by atoms with van der Waals surface area (Å²) in [5, 5.41) is 1.37. The Morgan fingerprint density at radius 3 is 1.89 bits per heavy atom. The zero-order valence-electron chi connectivity index (χ0n) is 19.2. The third-order valence-electron chi connectivity index (χ3n) is 5.89. The van der Waals surface area contributed by atoms with E-state index in [2.05, 4.69) is 88.0 Å². The summed E-state index contributed by atoms with van der Waals surface area (Å²) in [7, 11) is 3.00. The fourth-order valence-electron chi connectivity index (χ4n) is 4.11. The van der Waals surface area contributed by atoms with E-state index in [-0.39, 0.29) is 0 Å². The molecule has 0 aliphatic rings. The average Bonchev–Trinajstić information content (AvgIpc) is 2.64. The molecule has 1 unspecified atom stereocenters. The Morgan fingerprint density at radius 1 is 0.786 bits per heavy atom. The van der Waals surface area contributed by atoms with E-state index in [1.54, 1.807) is 0 Å². The van der Waals surface area contributed by atoms with E-state index in [0.717, 1.165) is 0 Å². The molecule has 1 atom stereocenters. The first-order valence-electron chi connectivity index (χ1n) is 11.3. The van der Waals surface area contributed by atoms with Gasteiger partial charge in [0.05, 0.1) is 0 Å². The highest BCUT2D eigenvalue weighted by Gasteiger charge is 2.20. The highest BCUT2D eigenvalue weighted by atomic mass is 31.0. The minimum Gasteiger partial charge on any atom is -0.105 e. The zero-order chi connectivity index (χ0) is 20.8. The van der Waals surface area contributed by atoms with Gasteiger partial charge in [-0.2, -0.15) is 0 Å². The van der Waals surface area contributed by atoms with Gasteiger partial charge in [-0.1, -0.05) is 98.1 Å². The van der Waals surface area contributed by atoms with Gasteiger partial charge in [0.15, 0.2) is 0 Å². The summed E-state index contributed by atoms with van der Waals surface area (Å²) in [5.41, 5.74) is 9.00. The number of rotatable bonds is 9. The lowest BCUT2D eigenvalue weighted by atomic mass is 9.80. The van der Waals surface area contributed by atoms with Gasteiger partial charge in [0.25, 0.3) is 0 Å². The van der Waals surface area contributed by atoms with Crippen LogP contribution < -0.4 is 5.30 Å². The molecule has 154 valence electrons. The van der Waals surface area contributed by atoms with Crippen LogP contribution in [0.3, 0.4) is 0 Å². The van der Waals surface area contributed by atoms with Gasteiger partial charge in [-0.05, 0) is 69.3 Å². The van der Waals surface area contributed by atoms with Crippen molar-refractivity contribution in [2.75, 3.05) is 0 Å². The number of benzene rings is 2. The molecule has 2 aromatic rings. The van der Waals surface area contributed by atoms with Crippen molar-refractivity contribution >= 4 is 14.5 Å². The van der Waals surface area contributed by atoms with Crippen molar-refractivity contribution in [1.82, 2.24) is 0 Å². The Hall–Kier alpha value is -1.13. The van der Waals surface area contributed by atoms with Gasteiger partial charge in [0.2, 0.25) is 0 Å². The number of unbranched alkanes of at least 4 members (excludes halogenated alkanes) is 3. The maximum Gasteiger partial charge on any atom is -0.0111 e. The van der Waals surface area contributed by atoms with Crippen LogP contribution in [0.2, 0.25) is 0 Å². The lowest BCUT2D eigenvalue weighted by Crippen LogP contribution is -2.09. The number of hydrogen-bond donors (Lipinski definition) is 0. The zero-order valence-corrected chi connectivity index (χ0v) is 20.4. The normalized spacial score (nSPS) is 11.8. The molecule has 0 saturated heterocycles. The molecule has 0 nitrogen and oxygen atoms in total. The first-order chi connectivity index (χ1) is 13.3. The van der Waals surface area contributed by atoms with E-state index in [4.69, 9.17) is 0 Å². The molecular weight excluding hydrogens is 355 g/mol. The summed E-state index contributed by atoms with van der Waals surface area (Å²) in [6, 6.07) is 11.8. The van der Waals surface area contributed by atoms with Crippen LogP contribution in [-0.4, -0.2) is 0 Å². The van der Waals surface area contributed by atoms with Crippen LogP contribution in [0, 0.1) is 0 Å². The predicted octanol–water partition coefficient (Wildman–Crippen LogP) is 8.35. The summed E-state index contributed by atoms with van der Waals surface area (Å²) < 4.78 is 0. The van der Waals surface area contributed by atoms with E-state index < -0.39 is 0 Å². The van der Waals surface area contributed by atoms with Gasteiger partial charge in [0.1, 0.15) is 0 Å². The van der Waals surface area contributed by atoms with Crippen molar-refractivity contribution in [2.45, 2.75) is 98.3 Å². The average molecular weight is 397 g/mol.